The smallest absolute Gasteiger partial charge is 0.0184 e. The second-order valence-corrected chi connectivity index (χ2v) is 5.89. The third-order valence-corrected chi connectivity index (χ3v) is 4.32. The molecule has 0 amide bonds. The Kier molecular flexibility index (Phi) is 3.95. The van der Waals surface area contributed by atoms with Crippen molar-refractivity contribution in [2.75, 3.05) is 0 Å². The predicted molar refractivity (Wildman–Crippen MR) is 103 cm³/mol. The average Bonchev–Trinajstić information content (AvgIpc) is 2.70. The SMILES string of the molecule is c1ccc(-c2ccc(-c3ccc(-c4ccccc4)cc3)cc2)cc1. The van der Waals surface area contributed by atoms with Gasteiger partial charge < -0.3 is 0 Å². The van der Waals surface area contributed by atoms with Crippen LogP contribution in [0, 0.1) is 0 Å². The fourth-order valence-corrected chi connectivity index (χ4v) is 2.97. The molecule has 0 saturated carbocycles. The highest BCUT2D eigenvalue weighted by Gasteiger charge is 2.01. The van der Waals surface area contributed by atoms with E-state index in [0.717, 1.165) is 0 Å². The molecule has 114 valence electrons. The quantitative estimate of drug-likeness (QED) is 0.395. The molecule has 24 heavy (non-hydrogen) atoms. The molecule has 0 atom stereocenters. The zero-order chi connectivity index (χ0) is 16.2. The summed E-state index contributed by atoms with van der Waals surface area (Å²) in [6.07, 6.45) is 0. The molecule has 0 unspecified atom stereocenters. The van der Waals surface area contributed by atoms with Crippen LogP contribution in [0.1, 0.15) is 0 Å². The highest BCUT2D eigenvalue weighted by Crippen LogP contribution is 2.27. The molecule has 4 aromatic rings. The van der Waals surface area contributed by atoms with Gasteiger partial charge in [0.1, 0.15) is 0 Å². The summed E-state index contributed by atoms with van der Waals surface area (Å²) >= 11 is 0. The molecule has 0 spiro atoms. The predicted octanol–water partition coefficient (Wildman–Crippen LogP) is 6.69. The number of rotatable bonds is 3. The number of hydrogen-bond donors (Lipinski definition) is 0. The second-order valence-electron chi connectivity index (χ2n) is 5.89. The molecule has 0 radical (unpaired) electrons. The molecule has 0 heteroatoms. The molecule has 0 aliphatic carbocycles. The lowest BCUT2D eigenvalue weighted by molar-refractivity contribution is 1.58. The summed E-state index contributed by atoms with van der Waals surface area (Å²) in [6, 6.07) is 38.5. The lowest BCUT2D eigenvalue weighted by Crippen LogP contribution is -1.81. The van der Waals surface area contributed by atoms with Crippen molar-refractivity contribution in [2.45, 2.75) is 0 Å². The first-order valence-corrected chi connectivity index (χ1v) is 8.21. The van der Waals surface area contributed by atoms with E-state index in [0.29, 0.717) is 0 Å². The molecule has 4 rings (SSSR count). The van der Waals surface area contributed by atoms with Gasteiger partial charge in [-0.3, -0.25) is 0 Å². The Balaban J connectivity index is 1.60. The first-order chi connectivity index (χ1) is 11.9. The second kappa shape index (κ2) is 6.55. The van der Waals surface area contributed by atoms with Crippen molar-refractivity contribution >= 4 is 0 Å². The Morgan fingerprint density at radius 3 is 0.667 bits per heavy atom. The van der Waals surface area contributed by atoms with E-state index in [9.17, 15) is 0 Å². The highest BCUT2D eigenvalue weighted by molar-refractivity contribution is 5.73. The minimum Gasteiger partial charge on any atom is -0.0622 e. The normalized spacial score (nSPS) is 10.5. The minimum absolute atomic E-state index is 1.24. The fraction of sp³-hybridized carbons (Fsp3) is 0. The average molecular weight is 306 g/mol. The van der Waals surface area contributed by atoms with Gasteiger partial charge in [-0.1, -0.05) is 109 Å². The van der Waals surface area contributed by atoms with E-state index in [2.05, 4.69) is 97.1 Å². The summed E-state index contributed by atoms with van der Waals surface area (Å²) in [4.78, 5) is 0. The molecule has 4 aromatic carbocycles. The van der Waals surface area contributed by atoms with Crippen LogP contribution >= 0.6 is 0 Å². The summed E-state index contributed by atoms with van der Waals surface area (Å²) in [7, 11) is 0. The lowest BCUT2D eigenvalue weighted by Gasteiger charge is -2.07. The van der Waals surface area contributed by atoms with Crippen LogP contribution in [0.2, 0.25) is 0 Å². The van der Waals surface area contributed by atoms with E-state index in [1.807, 2.05) is 12.1 Å². The minimum atomic E-state index is 1.24. The van der Waals surface area contributed by atoms with Crippen LogP contribution in [-0.4, -0.2) is 0 Å². The van der Waals surface area contributed by atoms with Crippen molar-refractivity contribution in [3.8, 4) is 33.4 Å². The molecular weight excluding hydrogens is 288 g/mol. The van der Waals surface area contributed by atoms with Crippen LogP contribution in [0.5, 0.6) is 0 Å². The van der Waals surface area contributed by atoms with Crippen LogP contribution in [0.3, 0.4) is 0 Å². The zero-order valence-corrected chi connectivity index (χ0v) is 13.4. The number of benzene rings is 4. The molecule has 0 N–H and O–H groups in total. The Morgan fingerprint density at radius 2 is 0.417 bits per heavy atom. The van der Waals surface area contributed by atoms with Gasteiger partial charge >= 0.3 is 0 Å². The van der Waals surface area contributed by atoms with Crippen LogP contribution in [0.25, 0.3) is 33.4 Å². The maximum absolute atomic E-state index is 2.19. The van der Waals surface area contributed by atoms with E-state index in [4.69, 9.17) is 0 Å². The molecule has 0 aliphatic rings. The van der Waals surface area contributed by atoms with Crippen molar-refractivity contribution in [3.05, 3.63) is 109 Å². The van der Waals surface area contributed by atoms with E-state index in [-0.39, 0.29) is 0 Å². The van der Waals surface area contributed by atoms with E-state index in [1.54, 1.807) is 0 Å². The third-order valence-electron chi connectivity index (χ3n) is 4.32. The van der Waals surface area contributed by atoms with Crippen LogP contribution in [-0.2, 0) is 0 Å². The van der Waals surface area contributed by atoms with Gasteiger partial charge in [0.25, 0.3) is 0 Å². The summed E-state index contributed by atoms with van der Waals surface area (Å²) in [5.41, 5.74) is 7.50. The van der Waals surface area contributed by atoms with Gasteiger partial charge in [-0.25, -0.2) is 0 Å². The molecule has 0 aromatic heterocycles. The van der Waals surface area contributed by atoms with Gasteiger partial charge in [0, 0.05) is 0 Å². The van der Waals surface area contributed by atoms with Crippen molar-refractivity contribution in [1.29, 1.82) is 0 Å². The van der Waals surface area contributed by atoms with Crippen molar-refractivity contribution < 1.29 is 0 Å². The molecule has 0 saturated heterocycles. The molecule has 0 fully saturated rings. The lowest BCUT2D eigenvalue weighted by atomic mass is 9.98. The monoisotopic (exact) mass is 306 g/mol. The Bertz CT molecular complexity index is 822. The largest absolute Gasteiger partial charge is 0.0622 e. The van der Waals surface area contributed by atoms with Crippen LogP contribution in [0.4, 0.5) is 0 Å². The van der Waals surface area contributed by atoms with E-state index in [1.165, 1.54) is 33.4 Å². The van der Waals surface area contributed by atoms with Gasteiger partial charge in [0.05, 0.1) is 0 Å². The maximum atomic E-state index is 2.19. The van der Waals surface area contributed by atoms with Crippen LogP contribution < -0.4 is 0 Å². The topological polar surface area (TPSA) is 0 Å². The van der Waals surface area contributed by atoms with Gasteiger partial charge in [-0.15, -0.1) is 0 Å². The summed E-state index contributed by atoms with van der Waals surface area (Å²) in [5, 5.41) is 0. The Labute approximate surface area is 143 Å². The molecular formula is C24H18. The van der Waals surface area contributed by atoms with Crippen molar-refractivity contribution in [2.24, 2.45) is 0 Å². The maximum Gasteiger partial charge on any atom is -0.0184 e. The fourth-order valence-electron chi connectivity index (χ4n) is 2.97. The summed E-state index contributed by atoms with van der Waals surface area (Å²) in [6.45, 7) is 0. The molecule has 0 aliphatic heterocycles. The van der Waals surface area contributed by atoms with Gasteiger partial charge in [-0.2, -0.15) is 0 Å². The standard InChI is InChI=1S/C24H18/c1-3-7-19(8-4-1)21-11-15-23(16-12-21)24-17-13-22(14-18-24)20-9-5-2-6-10-20/h1-18H. The highest BCUT2D eigenvalue weighted by atomic mass is 14.1. The van der Waals surface area contributed by atoms with Crippen molar-refractivity contribution in [1.82, 2.24) is 0 Å². The first-order valence-electron chi connectivity index (χ1n) is 8.21. The van der Waals surface area contributed by atoms with E-state index >= 15 is 0 Å². The molecule has 0 heterocycles. The number of hydrogen-bond acceptors (Lipinski definition) is 0. The van der Waals surface area contributed by atoms with E-state index < -0.39 is 0 Å². The zero-order valence-electron chi connectivity index (χ0n) is 13.4. The van der Waals surface area contributed by atoms with Crippen molar-refractivity contribution in [3.63, 3.8) is 0 Å². The Hall–Kier alpha value is -3.12. The van der Waals surface area contributed by atoms with Gasteiger partial charge in [-0.05, 0) is 33.4 Å². The third kappa shape index (κ3) is 3.00. The Morgan fingerprint density at radius 1 is 0.208 bits per heavy atom. The summed E-state index contributed by atoms with van der Waals surface area (Å²) < 4.78 is 0. The first kappa shape index (κ1) is 14.5. The molecule has 0 nitrogen and oxygen atoms in total. The van der Waals surface area contributed by atoms with Crippen LogP contribution in [0.15, 0.2) is 109 Å². The van der Waals surface area contributed by atoms with Gasteiger partial charge in [0.2, 0.25) is 0 Å². The summed E-state index contributed by atoms with van der Waals surface area (Å²) in [5.74, 6) is 0. The van der Waals surface area contributed by atoms with Gasteiger partial charge in [0.15, 0.2) is 0 Å². The molecule has 0 bridgehead atoms.